The Hall–Kier alpha value is -2.58. The maximum Gasteiger partial charge on any atom is 0.264 e. The van der Waals surface area contributed by atoms with E-state index >= 15 is 0 Å². The van der Waals surface area contributed by atoms with Crippen molar-refractivity contribution in [2.24, 2.45) is 0 Å². The molecular formula is C19H20ClN3O4S. The monoisotopic (exact) mass is 421 g/mol. The van der Waals surface area contributed by atoms with E-state index in [1.807, 2.05) is 6.92 Å². The normalized spacial score (nSPS) is 11.4. The molecule has 2 aromatic carbocycles. The van der Waals surface area contributed by atoms with E-state index in [9.17, 15) is 8.42 Å². The van der Waals surface area contributed by atoms with Crippen LogP contribution < -0.4 is 9.04 Å². The van der Waals surface area contributed by atoms with E-state index in [2.05, 4.69) is 10.1 Å². The number of hydrogen-bond donors (Lipinski definition) is 0. The summed E-state index contributed by atoms with van der Waals surface area (Å²) in [5, 5.41) is 4.31. The van der Waals surface area contributed by atoms with Gasteiger partial charge in [0.1, 0.15) is 5.75 Å². The van der Waals surface area contributed by atoms with E-state index in [-0.39, 0.29) is 11.4 Å². The predicted octanol–water partition coefficient (Wildman–Crippen LogP) is 3.87. The number of ether oxygens (including phenoxy) is 1. The molecule has 0 fully saturated rings. The third kappa shape index (κ3) is 4.63. The van der Waals surface area contributed by atoms with Gasteiger partial charge in [0, 0.05) is 24.9 Å². The van der Waals surface area contributed by atoms with E-state index in [1.54, 1.807) is 43.3 Å². The van der Waals surface area contributed by atoms with Crippen LogP contribution in [0.5, 0.6) is 5.75 Å². The van der Waals surface area contributed by atoms with Gasteiger partial charge in [-0.05, 0) is 55.5 Å². The number of benzene rings is 2. The van der Waals surface area contributed by atoms with Crippen molar-refractivity contribution in [3.8, 4) is 5.75 Å². The van der Waals surface area contributed by atoms with Gasteiger partial charge in [-0.25, -0.2) is 8.42 Å². The first-order chi connectivity index (χ1) is 13.4. The molecule has 0 atom stereocenters. The second-order valence-electron chi connectivity index (χ2n) is 5.94. The zero-order chi connectivity index (χ0) is 20.1. The molecule has 0 aliphatic heterocycles. The summed E-state index contributed by atoms with van der Waals surface area (Å²) in [5.74, 6) is 1.55. The third-order valence-corrected chi connectivity index (χ3v) is 6.04. The van der Waals surface area contributed by atoms with Crippen molar-refractivity contribution in [2.75, 3.05) is 17.5 Å². The number of sulfonamides is 1. The zero-order valence-electron chi connectivity index (χ0n) is 15.5. The molecule has 1 aromatic heterocycles. The van der Waals surface area contributed by atoms with Gasteiger partial charge in [0.2, 0.25) is 5.89 Å². The number of aromatic nitrogens is 2. The van der Waals surface area contributed by atoms with Crippen molar-refractivity contribution in [3.05, 3.63) is 65.3 Å². The number of halogens is 1. The van der Waals surface area contributed by atoms with Gasteiger partial charge in [-0.2, -0.15) is 4.98 Å². The maximum absolute atomic E-state index is 13.3. The van der Waals surface area contributed by atoms with Crippen LogP contribution in [0.2, 0.25) is 5.02 Å². The first-order valence-electron chi connectivity index (χ1n) is 8.70. The highest BCUT2D eigenvalue weighted by Gasteiger charge is 2.25. The van der Waals surface area contributed by atoms with Gasteiger partial charge in [-0.15, -0.1) is 0 Å². The van der Waals surface area contributed by atoms with Gasteiger partial charge in [0.15, 0.2) is 5.82 Å². The molecule has 7 nitrogen and oxygen atoms in total. The molecule has 0 saturated carbocycles. The molecule has 0 amide bonds. The third-order valence-electron chi connectivity index (χ3n) is 3.95. The van der Waals surface area contributed by atoms with Crippen molar-refractivity contribution in [3.63, 3.8) is 0 Å². The molecular weight excluding hydrogens is 402 g/mol. The predicted molar refractivity (Wildman–Crippen MR) is 106 cm³/mol. The highest BCUT2D eigenvalue weighted by atomic mass is 35.5. The highest BCUT2D eigenvalue weighted by Crippen LogP contribution is 2.27. The topological polar surface area (TPSA) is 85.5 Å². The summed E-state index contributed by atoms with van der Waals surface area (Å²) in [6, 6.07) is 13.0. The summed E-state index contributed by atoms with van der Waals surface area (Å²) in [4.78, 5) is 4.29. The van der Waals surface area contributed by atoms with Gasteiger partial charge < -0.3 is 9.26 Å². The molecule has 0 unspecified atom stereocenters. The van der Waals surface area contributed by atoms with Crippen molar-refractivity contribution >= 4 is 27.3 Å². The lowest BCUT2D eigenvalue weighted by atomic mass is 10.3. The molecule has 3 rings (SSSR count). The summed E-state index contributed by atoms with van der Waals surface area (Å²) in [5.41, 5.74) is 0.513. The summed E-state index contributed by atoms with van der Waals surface area (Å²) < 4.78 is 38.3. The molecule has 9 heteroatoms. The lowest BCUT2D eigenvalue weighted by Gasteiger charge is -2.24. The second kappa shape index (κ2) is 8.62. The Morgan fingerprint density at radius 3 is 2.36 bits per heavy atom. The number of hydrogen-bond acceptors (Lipinski definition) is 6. The van der Waals surface area contributed by atoms with Crippen LogP contribution >= 0.6 is 11.6 Å². The van der Waals surface area contributed by atoms with E-state index in [0.29, 0.717) is 41.2 Å². The zero-order valence-corrected chi connectivity index (χ0v) is 17.1. The van der Waals surface area contributed by atoms with E-state index in [1.165, 1.54) is 16.4 Å². The fourth-order valence-electron chi connectivity index (χ4n) is 2.64. The SMILES string of the molecule is CCOc1ccc(N(CCc2noc(C)n2)S(=O)(=O)c2ccc(Cl)cc2)cc1. The van der Waals surface area contributed by atoms with Crippen LogP contribution in [-0.2, 0) is 16.4 Å². The Kier molecular flexibility index (Phi) is 6.21. The molecule has 3 aromatic rings. The largest absolute Gasteiger partial charge is 0.494 e. The average Bonchev–Trinajstić information content (AvgIpc) is 3.09. The lowest BCUT2D eigenvalue weighted by molar-refractivity contribution is 0.340. The van der Waals surface area contributed by atoms with Crippen LogP contribution in [0, 0.1) is 6.92 Å². The summed E-state index contributed by atoms with van der Waals surface area (Å²) in [6.45, 7) is 4.25. The summed E-state index contributed by atoms with van der Waals surface area (Å²) in [6.07, 6.45) is 0.303. The Labute approximate surface area is 168 Å². The Bertz CT molecular complexity index is 1020. The van der Waals surface area contributed by atoms with E-state index in [0.717, 1.165) is 0 Å². The van der Waals surface area contributed by atoms with Gasteiger partial charge in [0.05, 0.1) is 17.2 Å². The molecule has 0 aliphatic rings. The number of anilines is 1. The number of aryl methyl sites for hydroxylation is 1. The van der Waals surface area contributed by atoms with Crippen LogP contribution in [0.15, 0.2) is 57.9 Å². The molecule has 0 radical (unpaired) electrons. The minimum absolute atomic E-state index is 0.148. The average molecular weight is 422 g/mol. The van der Waals surface area contributed by atoms with Crippen molar-refractivity contribution in [2.45, 2.75) is 25.2 Å². The molecule has 148 valence electrons. The van der Waals surface area contributed by atoms with Crippen molar-refractivity contribution in [1.82, 2.24) is 10.1 Å². The first kappa shape index (κ1) is 20.2. The first-order valence-corrected chi connectivity index (χ1v) is 10.5. The van der Waals surface area contributed by atoms with Gasteiger partial charge in [0.25, 0.3) is 10.0 Å². The second-order valence-corrected chi connectivity index (χ2v) is 8.24. The Balaban J connectivity index is 1.93. The van der Waals surface area contributed by atoms with E-state index in [4.69, 9.17) is 20.9 Å². The fraction of sp³-hybridized carbons (Fsp3) is 0.263. The maximum atomic E-state index is 13.3. The minimum Gasteiger partial charge on any atom is -0.494 e. The minimum atomic E-state index is -3.81. The highest BCUT2D eigenvalue weighted by molar-refractivity contribution is 7.92. The fourth-order valence-corrected chi connectivity index (χ4v) is 4.23. The molecule has 0 N–H and O–H groups in total. The van der Waals surface area contributed by atoms with Crippen LogP contribution in [0.25, 0.3) is 0 Å². The van der Waals surface area contributed by atoms with Crippen LogP contribution in [0.3, 0.4) is 0 Å². The smallest absolute Gasteiger partial charge is 0.264 e. The molecule has 1 heterocycles. The molecule has 0 bridgehead atoms. The van der Waals surface area contributed by atoms with Gasteiger partial charge in [-0.1, -0.05) is 16.8 Å². The molecule has 28 heavy (non-hydrogen) atoms. The van der Waals surface area contributed by atoms with Crippen LogP contribution in [-0.4, -0.2) is 31.7 Å². The van der Waals surface area contributed by atoms with Crippen LogP contribution in [0.4, 0.5) is 5.69 Å². The van der Waals surface area contributed by atoms with Crippen LogP contribution in [0.1, 0.15) is 18.6 Å². The Morgan fingerprint density at radius 2 is 1.79 bits per heavy atom. The molecule has 0 spiro atoms. The Morgan fingerprint density at radius 1 is 1.11 bits per heavy atom. The standard InChI is InChI=1S/C19H20ClN3O4S/c1-3-26-17-8-6-16(7-9-17)23(13-12-19-21-14(2)27-22-19)28(24,25)18-10-4-15(20)5-11-18/h4-11H,3,12-13H2,1-2H3. The number of nitrogens with zero attached hydrogens (tertiary/aromatic N) is 3. The van der Waals surface area contributed by atoms with Crippen molar-refractivity contribution < 1.29 is 17.7 Å². The molecule has 0 saturated heterocycles. The molecule has 0 aliphatic carbocycles. The van der Waals surface area contributed by atoms with Crippen molar-refractivity contribution in [1.29, 1.82) is 0 Å². The lowest BCUT2D eigenvalue weighted by Crippen LogP contribution is -2.33. The van der Waals surface area contributed by atoms with Gasteiger partial charge in [-0.3, -0.25) is 4.31 Å². The summed E-state index contributed by atoms with van der Waals surface area (Å²) >= 11 is 5.90. The quantitative estimate of drug-likeness (QED) is 0.548. The van der Waals surface area contributed by atoms with Gasteiger partial charge >= 0.3 is 0 Å². The number of rotatable bonds is 8. The summed E-state index contributed by atoms with van der Waals surface area (Å²) in [7, 11) is -3.81. The van der Waals surface area contributed by atoms with E-state index < -0.39 is 10.0 Å².